The third-order valence-corrected chi connectivity index (χ3v) is 3.07. The summed E-state index contributed by atoms with van der Waals surface area (Å²) in [6, 6.07) is 9.71. The summed E-state index contributed by atoms with van der Waals surface area (Å²) in [4.78, 5) is 23.4. The van der Waals surface area contributed by atoms with Gasteiger partial charge >= 0.3 is 0 Å². The van der Waals surface area contributed by atoms with E-state index in [-0.39, 0.29) is 17.7 Å². The molecule has 0 saturated carbocycles. The lowest BCUT2D eigenvalue weighted by Gasteiger charge is -2.23. The van der Waals surface area contributed by atoms with E-state index in [2.05, 4.69) is 5.32 Å². The Morgan fingerprint density at radius 3 is 2.33 bits per heavy atom. The highest BCUT2D eigenvalue weighted by atomic mass is 16.2. The van der Waals surface area contributed by atoms with Crippen molar-refractivity contribution < 1.29 is 9.59 Å². The molecule has 0 heterocycles. The van der Waals surface area contributed by atoms with Crippen LogP contribution in [0, 0.1) is 0 Å². The van der Waals surface area contributed by atoms with Crippen LogP contribution in [-0.2, 0) is 16.0 Å². The summed E-state index contributed by atoms with van der Waals surface area (Å²) in [5.74, 6) is -0.821. The third-order valence-electron chi connectivity index (χ3n) is 3.07. The first kappa shape index (κ1) is 14.4. The van der Waals surface area contributed by atoms with Gasteiger partial charge in [-0.2, -0.15) is 0 Å². The molecule has 1 aromatic carbocycles. The third kappa shape index (κ3) is 4.70. The van der Waals surface area contributed by atoms with Gasteiger partial charge in [0.15, 0.2) is 0 Å². The maximum absolute atomic E-state index is 11.7. The van der Waals surface area contributed by atoms with E-state index in [1.807, 2.05) is 51.1 Å². The van der Waals surface area contributed by atoms with Crippen molar-refractivity contribution in [2.45, 2.75) is 45.6 Å². The van der Waals surface area contributed by atoms with Gasteiger partial charge in [0.1, 0.15) is 0 Å². The lowest BCUT2D eigenvalue weighted by Crippen LogP contribution is -2.46. The van der Waals surface area contributed by atoms with Crippen LogP contribution in [0.3, 0.4) is 0 Å². The van der Waals surface area contributed by atoms with E-state index in [1.165, 1.54) is 0 Å². The maximum Gasteiger partial charge on any atom is 0.287 e. The number of ketones is 1. The van der Waals surface area contributed by atoms with Crippen molar-refractivity contribution in [1.29, 1.82) is 0 Å². The van der Waals surface area contributed by atoms with Crippen LogP contribution >= 0.6 is 0 Å². The van der Waals surface area contributed by atoms with Crippen molar-refractivity contribution in [2.24, 2.45) is 0 Å². The molecule has 0 atom stereocenters. The van der Waals surface area contributed by atoms with E-state index in [0.717, 1.165) is 12.0 Å². The van der Waals surface area contributed by atoms with Crippen LogP contribution in [0.25, 0.3) is 0 Å². The van der Waals surface area contributed by atoms with Crippen LogP contribution in [0.4, 0.5) is 0 Å². The zero-order chi connectivity index (χ0) is 13.6. The fraction of sp³-hybridized carbons (Fsp3) is 0.467. The number of hydrogen-bond acceptors (Lipinski definition) is 2. The van der Waals surface area contributed by atoms with Gasteiger partial charge in [0.05, 0.1) is 0 Å². The van der Waals surface area contributed by atoms with Crippen LogP contribution in [-0.4, -0.2) is 17.2 Å². The normalized spacial score (nSPS) is 11.1. The topological polar surface area (TPSA) is 46.2 Å². The van der Waals surface area contributed by atoms with Crippen molar-refractivity contribution in [2.75, 3.05) is 0 Å². The van der Waals surface area contributed by atoms with E-state index in [4.69, 9.17) is 0 Å². The smallest absolute Gasteiger partial charge is 0.287 e. The molecular formula is C15H21NO2. The molecule has 0 aliphatic carbocycles. The lowest BCUT2D eigenvalue weighted by atomic mass is 10.0. The summed E-state index contributed by atoms with van der Waals surface area (Å²) in [6.45, 7) is 5.81. The Labute approximate surface area is 109 Å². The summed E-state index contributed by atoms with van der Waals surface area (Å²) < 4.78 is 0. The summed E-state index contributed by atoms with van der Waals surface area (Å²) in [6.07, 6.45) is 1.67. The zero-order valence-electron chi connectivity index (χ0n) is 11.3. The highest BCUT2D eigenvalue weighted by Crippen LogP contribution is 2.08. The Bertz CT molecular complexity index is 410. The van der Waals surface area contributed by atoms with Gasteiger partial charge in [-0.1, -0.05) is 37.3 Å². The zero-order valence-corrected chi connectivity index (χ0v) is 11.3. The SMILES string of the molecule is CCC(C)(C)NC(=O)C(=O)CCc1ccccc1. The Morgan fingerprint density at radius 1 is 1.17 bits per heavy atom. The first-order valence-electron chi connectivity index (χ1n) is 6.34. The van der Waals surface area contributed by atoms with E-state index in [0.29, 0.717) is 6.42 Å². The van der Waals surface area contributed by atoms with Crippen molar-refractivity contribution >= 4 is 11.7 Å². The second kappa shape index (κ2) is 6.34. The molecule has 1 rings (SSSR count). The van der Waals surface area contributed by atoms with Gasteiger partial charge in [-0.05, 0) is 32.3 Å². The van der Waals surface area contributed by atoms with Gasteiger partial charge in [-0.15, -0.1) is 0 Å². The van der Waals surface area contributed by atoms with Crippen molar-refractivity contribution in [3.8, 4) is 0 Å². The van der Waals surface area contributed by atoms with E-state index >= 15 is 0 Å². The van der Waals surface area contributed by atoms with E-state index in [1.54, 1.807) is 0 Å². The van der Waals surface area contributed by atoms with Gasteiger partial charge in [0.25, 0.3) is 5.91 Å². The summed E-state index contributed by atoms with van der Waals surface area (Å²) in [5, 5.41) is 2.75. The van der Waals surface area contributed by atoms with Gasteiger partial charge in [-0.3, -0.25) is 9.59 Å². The molecule has 3 heteroatoms. The molecular weight excluding hydrogens is 226 g/mol. The number of benzene rings is 1. The largest absolute Gasteiger partial charge is 0.345 e. The molecule has 18 heavy (non-hydrogen) atoms. The molecule has 0 saturated heterocycles. The number of aryl methyl sites for hydroxylation is 1. The van der Waals surface area contributed by atoms with E-state index in [9.17, 15) is 9.59 Å². The van der Waals surface area contributed by atoms with Crippen molar-refractivity contribution in [3.63, 3.8) is 0 Å². The average molecular weight is 247 g/mol. The van der Waals surface area contributed by atoms with Gasteiger partial charge in [0.2, 0.25) is 5.78 Å². The summed E-state index contributed by atoms with van der Waals surface area (Å²) in [5.41, 5.74) is 0.757. The van der Waals surface area contributed by atoms with Crippen LogP contribution in [0.2, 0.25) is 0 Å². The van der Waals surface area contributed by atoms with Crippen LogP contribution in [0.1, 0.15) is 39.2 Å². The highest BCUT2D eigenvalue weighted by molar-refractivity contribution is 6.36. The van der Waals surface area contributed by atoms with Crippen LogP contribution < -0.4 is 5.32 Å². The Morgan fingerprint density at radius 2 is 1.78 bits per heavy atom. The van der Waals surface area contributed by atoms with Gasteiger partial charge in [-0.25, -0.2) is 0 Å². The number of carbonyl (C=O) groups excluding carboxylic acids is 2. The maximum atomic E-state index is 11.7. The lowest BCUT2D eigenvalue weighted by molar-refractivity contribution is -0.138. The highest BCUT2D eigenvalue weighted by Gasteiger charge is 2.22. The molecule has 3 nitrogen and oxygen atoms in total. The predicted octanol–water partition coefficient (Wildman–Crippen LogP) is 2.49. The van der Waals surface area contributed by atoms with Crippen molar-refractivity contribution in [3.05, 3.63) is 35.9 Å². The summed E-state index contributed by atoms with van der Waals surface area (Å²) >= 11 is 0. The number of hydrogen-bond donors (Lipinski definition) is 1. The van der Waals surface area contributed by atoms with Gasteiger partial charge < -0.3 is 5.32 Å². The number of nitrogens with one attached hydrogen (secondary N) is 1. The quantitative estimate of drug-likeness (QED) is 0.785. The number of carbonyl (C=O) groups is 2. The van der Waals surface area contributed by atoms with Crippen LogP contribution in [0.15, 0.2) is 30.3 Å². The number of rotatable bonds is 6. The molecule has 1 aromatic rings. The second-order valence-electron chi connectivity index (χ2n) is 5.10. The number of amides is 1. The molecule has 0 spiro atoms. The van der Waals surface area contributed by atoms with Crippen molar-refractivity contribution in [1.82, 2.24) is 5.32 Å². The Kier molecular flexibility index (Phi) is 5.08. The summed E-state index contributed by atoms with van der Waals surface area (Å²) in [7, 11) is 0. The Balaban J connectivity index is 2.44. The molecule has 0 aromatic heterocycles. The molecule has 0 radical (unpaired) electrons. The molecule has 98 valence electrons. The molecule has 1 N–H and O–H groups in total. The average Bonchev–Trinajstić information content (AvgIpc) is 2.36. The minimum atomic E-state index is -0.474. The van der Waals surface area contributed by atoms with Gasteiger partial charge in [0, 0.05) is 12.0 Å². The molecule has 0 bridgehead atoms. The number of Topliss-reactive ketones (excluding diaryl/α,β-unsaturated/α-hetero) is 1. The fourth-order valence-electron chi connectivity index (χ4n) is 1.48. The minimum Gasteiger partial charge on any atom is -0.345 e. The first-order valence-corrected chi connectivity index (χ1v) is 6.34. The standard InChI is InChI=1S/C15H21NO2/c1-4-15(2,3)16-14(18)13(17)11-10-12-8-6-5-7-9-12/h5-9H,4,10-11H2,1-3H3,(H,16,18). The molecule has 1 amide bonds. The van der Waals surface area contributed by atoms with E-state index < -0.39 is 5.91 Å². The second-order valence-corrected chi connectivity index (χ2v) is 5.10. The minimum absolute atomic E-state index is 0.260. The molecule has 0 aliphatic heterocycles. The molecule has 0 unspecified atom stereocenters. The predicted molar refractivity (Wildman–Crippen MR) is 72.3 cm³/mol. The Hall–Kier alpha value is -1.64. The van der Waals surface area contributed by atoms with Crippen LogP contribution in [0.5, 0.6) is 0 Å². The molecule has 0 fully saturated rings. The molecule has 0 aliphatic rings. The first-order chi connectivity index (χ1) is 8.44. The fourth-order valence-corrected chi connectivity index (χ4v) is 1.48. The monoisotopic (exact) mass is 247 g/mol.